The highest BCUT2D eigenvalue weighted by Crippen LogP contribution is 2.47. The first kappa shape index (κ1) is 32.8. The summed E-state index contributed by atoms with van der Waals surface area (Å²) in [6.45, 7) is 9.04. The maximum absolute atomic E-state index is 5.60. The van der Waals surface area contributed by atoms with Crippen molar-refractivity contribution in [3.8, 4) is 51.2 Å². The summed E-state index contributed by atoms with van der Waals surface area (Å²) in [5.41, 5.74) is 16.1. The van der Waals surface area contributed by atoms with Crippen molar-refractivity contribution in [2.75, 3.05) is 0 Å². The fraction of sp³-hybridized carbons (Fsp3) is 0.122. The van der Waals surface area contributed by atoms with Gasteiger partial charge in [0.25, 0.3) is 0 Å². The Kier molecular flexibility index (Phi) is 7.73. The molecule has 0 bridgehead atoms. The second kappa shape index (κ2) is 13.0. The van der Waals surface area contributed by atoms with Crippen LogP contribution < -0.4 is 0 Å². The zero-order valence-corrected chi connectivity index (χ0v) is 31.4. The van der Waals surface area contributed by atoms with Crippen molar-refractivity contribution >= 4 is 28.1 Å². The summed E-state index contributed by atoms with van der Waals surface area (Å²) in [6.07, 6.45) is 5.50. The van der Waals surface area contributed by atoms with Crippen molar-refractivity contribution in [2.24, 2.45) is 0 Å². The molecular formula is C49H40N6. The Morgan fingerprint density at radius 1 is 0.455 bits per heavy atom. The number of fused-ring (bicyclic) bond motifs is 3. The van der Waals surface area contributed by atoms with Crippen LogP contribution >= 0.6 is 0 Å². The van der Waals surface area contributed by atoms with Crippen LogP contribution in [0.4, 0.5) is 0 Å². The molecule has 0 radical (unpaired) electrons. The Morgan fingerprint density at radius 3 is 1.29 bits per heavy atom. The third kappa shape index (κ3) is 5.13. The molecule has 1 unspecified atom stereocenters. The molecule has 3 heterocycles. The number of benzene rings is 6. The molecule has 9 aromatic rings. The summed E-state index contributed by atoms with van der Waals surface area (Å²) < 4.78 is 6.99. The second-order valence-corrected chi connectivity index (χ2v) is 14.6. The van der Waals surface area contributed by atoms with E-state index in [4.69, 9.17) is 15.0 Å². The molecule has 0 aliphatic heterocycles. The Morgan fingerprint density at radius 2 is 0.836 bits per heavy atom. The average Bonchev–Trinajstić information content (AvgIpc) is 3.91. The Bertz CT molecular complexity index is 2780. The van der Waals surface area contributed by atoms with E-state index in [1.54, 1.807) is 0 Å². The van der Waals surface area contributed by atoms with Gasteiger partial charge in [0.2, 0.25) is 0 Å². The van der Waals surface area contributed by atoms with Gasteiger partial charge in [0.15, 0.2) is 0 Å². The highest BCUT2D eigenvalue weighted by Gasteiger charge is 2.31. The SMILES string of the molecule is Cc1c(-c2nc3c(n2-c2ccccc2)C=CCC3C)c(C)c(-c2nc3ccccc3n2-c2ccccc2)c(C)c1-c1nc2ccccc2n1-c1ccccc1. The minimum Gasteiger partial charge on any atom is -0.293 e. The number of hydrogen-bond acceptors (Lipinski definition) is 3. The maximum atomic E-state index is 5.60. The van der Waals surface area contributed by atoms with Crippen molar-refractivity contribution in [1.29, 1.82) is 0 Å². The number of imidazole rings is 3. The first-order valence-electron chi connectivity index (χ1n) is 19.0. The lowest BCUT2D eigenvalue weighted by Gasteiger charge is -2.24. The molecule has 1 aliphatic rings. The zero-order chi connectivity index (χ0) is 37.2. The van der Waals surface area contributed by atoms with Gasteiger partial charge in [-0.2, -0.15) is 0 Å². The van der Waals surface area contributed by atoms with Crippen LogP contribution in [0.15, 0.2) is 146 Å². The molecule has 55 heavy (non-hydrogen) atoms. The molecular weight excluding hydrogens is 673 g/mol. The summed E-state index contributed by atoms with van der Waals surface area (Å²) >= 11 is 0. The summed E-state index contributed by atoms with van der Waals surface area (Å²) in [6, 6.07) is 48.7. The molecule has 10 rings (SSSR count). The molecule has 0 amide bonds. The lowest BCUT2D eigenvalue weighted by molar-refractivity contribution is 0.745. The van der Waals surface area contributed by atoms with E-state index in [9.17, 15) is 0 Å². The Labute approximate surface area is 320 Å². The van der Waals surface area contributed by atoms with Crippen LogP contribution in [0.5, 0.6) is 0 Å². The van der Waals surface area contributed by atoms with E-state index in [-0.39, 0.29) is 0 Å². The van der Waals surface area contributed by atoms with Crippen molar-refractivity contribution in [1.82, 2.24) is 28.7 Å². The van der Waals surface area contributed by atoms with Crippen LogP contribution in [-0.2, 0) is 0 Å². The number of rotatable bonds is 6. The van der Waals surface area contributed by atoms with E-state index < -0.39 is 0 Å². The number of aromatic nitrogens is 6. The van der Waals surface area contributed by atoms with Gasteiger partial charge in [-0.05, 0) is 111 Å². The van der Waals surface area contributed by atoms with Gasteiger partial charge >= 0.3 is 0 Å². The van der Waals surface area contributed by atoms with Crippen LogP contribution in [-0.4, -0.2) is 28.7 Å². The van der Waals surface area contributed by atoms with Gasteiger partial charge in [0, 0.05) is 39.7 Å². The Balaban J connectivity index is 1.38. The quantitative estimate of drug-likeness (QED) is 0.172. The summed E-state index contributed by atoms with van der Waals surface area (Å²) in [7, 11) is 0. The van der Waals surface area contributed by atoms with Crippen LogP contribution in [0, 0.1) is 20.8 Å². The first-order chi connectivity index (χ1) is 27.0. The van der Waals surface area contributed by atoms with Gasteiger partial charge in [0.1, 0.15) is 17.5 Å². The molecule has 0 saturated carbocycles. The zero-order valence-electron chi connectivity index (χ0n) is 31.4. The molecule has 6 heteroatoms. The lowest BCUT2D eigenvalue weighted by Crippen LogP contribution is -2.09. The third-order valence-corrected chi connectivity index (χ3v) is 11.3. The molecule has 1 aliphatic carbocycles. The van der Waals surface area contributed by atoms with Crippen molar-refractivity contribution in [3.63, 3.8) is 0 Å². The molecule has 1 atom stereocenters. The van der Waals surface area contributed by atoms with Gasteiger partial charge in [-0.15, -0.1) is 0 Å². The van der Waals surface area contributed by atoms with Crippen molar-refractivity contribution in [2.45, 2.75) is 40.0 Å². The van der Waals surface area contributed by atoms with Crippen molar-refractivity contribution < 1.29 is 0 Å². The third-order valence-electron chi connectivity index (χ3n) is 11.3. The normalized spacial score (nSPS) is 13.9. The lowest BCUT2D eigenvalue weighted by atomic mass is 9.86. The monoisotopic (exact) mass is 712 g/mol. The van der Waals surface area contributed by atoms with Crippen LogP contribution in [0.1, 0.15) is 47.3 Å². The number of hydrogen-bond donors (Lipinski definition) is 0. The van der Waals surface area contributed by atoms with Gasteiger partial charge < -0.3 is 0 Å². The minimum atomic E-state index is 0.290. The summed E-state index contributed by atoms with van der Waals surface area (Å²) in [4.78, 5) is 16.5. The molecule has 266 valence electrons. The Hall–Kier alpha value is -6.79. The first-order valence-corrected chi connectivity index (χ1v) is 19.0. The van der Waals surface area contributed by atoms with E-state index in [0.29, 0.717) is 5.92 Å². The molecule has 0 spiro atoms. The van der Waals surface area contributed by atoms with Crippen molar-refractivity contribution in [3.05, 3.63) is 174 Å². The van der Waals surface area contributed by atoms with Crippen LogP contribution in [0.25, 0.3) is 79.4 Å². The van der Waals surface area contributed by atoms with E-state index in [0.717, 1.165) is 108 Å². The molecule has 0 saturated heterocycles. The minimum absolute atomic E-state index is 0.290. The molecule has 3 aromatic heterocycles. The highest BCUT2D eigenvalue weighted by atomic mass is 15.1. The summed E-state index contributed by atoms with van der Waals surface area (Å²) in [5, 5.41) is 0. The fourth-order valence-corrected chi connectivity index (χ4v) is 8.76. The molecule has 6 nitrogen and oxygen atoms in total. The number of allylic oxidation sites excluding steroid dienone is 1. The van der Waals surface area contributed by atoms with Crippen LogP contribution in [0.3, 0.4) is 0 Å². The number of para-hydroxylation sites is 7. The highest BCUT2D eigenvalue weighted by molar-refractivity contribution is 5.94. The average molecular weight is 713 g/mol. The van der Waals surface area contributed by atoms with Gasteiger partial charge in [-0.25, -0.2) is 15.0 Å². The number of nitrogens with zero attached hydrogens (tertiary/aromatic N) is 6. The van der Waals surface area contributed by atoms with Crippen LogP contribution in [0.2, 0.25) is 0 Å². The fourth-order valence-electron chi connectivity index (χ4n) is 8.76. The van der Waals surface area contributed by atoms with Gasteiger partial charge in [-0.3, -0.25) is 13.7 Å². The van der Waals surface area contributed by atoms with Gasteiger partial charge in [0.05, 0.1) is 33.5 Å². The standard InChI is InChI=1S/C49H40N6/c1-31-19-18-30-42-46(31)52-49(55(42)37-24-12-7-13-25-37)45-33(3)43(47-50-38-26-14-16-28-40(38)53(47)35-20-8-5-9-21-35)32(2)44(34(45)4)48-51-39-27-15-17-29-41(39)54(48)36-22-10-6-11-23-36/h5-18,20-31H,19H2,1-4H3. The second-order valence-electron chi connectivity index (χ2n) is 14.6. The topological polar surface area (TPSA) is 53.5 Å². The molecule has 6 aromatic carbocycles. The predicted octanol–water partition coefficient (Wildman–Crippen LogP) is 12.0. The smallest absolute Gasteiger partial charge is 0.146 e. The van der Waals surface area contributed by atoms with E-state index in [2.05, 4.69) is 193 Å². The maximum Gasteiger partial charge on any atom is 0.146 e. The van der Waals surface area contributed by atoms with E-state index >= 15 is 0 Å². The van der Waals surface area contributed by atoms with E-state index in [1.165, 1.54) is 0 Å². The predicted molar refractivity (Wildman–Crippen MR) is 225 cm³/mol. The van der Waals surface area contributed by atoms with Gasteiger partial charge in [-0.1, -0.05) is 91.9 Å². The molecule has 0 fully saturated rings. The van der Waals surface area contributed by atoms with E-state index in [1.807, 2.05) is 0 Å². The molecule has 0 N–H and O–H groups in total. The largest absolute Gasteiger partial charge is 0.293 e. The summed E-state index contributed by atoms with van der Waals surface area (Å²) in [5.74, 6) is 3.00.